The number of fused-ring (bicyclic) bond motifs is 8. The highest BCUT2D eigenvalue weighted by molar-refractivity contribution is 8.33. The van der Waals surface area contributed by atoms with Gasteiger partial charge in [-0.1, -0.05) is 113 Å². The van der Waals surface area contributed by atoms with Gasteiger partial charge < -0.3 is 10.2 Å². The molecule has 9 rings (SSSR count). The van der Waals surface area contributed by atoms with Crippen molar-refractivity contribution in [2.24, 2.45) is 0 Å². The first-order chi connectivity index (χ1) is 21.9. The number of nitrogens with zero attached hydrogens (tertiary/aromatic N) is 6. The number of rotatable bonds is 0. The minimum absolute atomic E-state index is 0.186. The van der Waals surface area contributed by atoms with Crippen LogP contribution in [0.3, 0.4) is 0 Å². The highest BCUT2D eigenvalue weighted by atomic mass is 32.2. The van der Waals surface area contributed by atoms with Crippen molar-refractivity contribution < 1.29 is 10.2 Å². The van der Waals surface area contributed by atoms with Crippen LogP contribution in [0, 0.1) is 0 Å². The van der Waals surface area contributed by atoms with Crippen LogP contribution in [0.2, 0.25) is 0 Å². The van der Waals surface area contributed by atoms with Gasteiger partial charge in [-0.15, -0.1) is 0 Å². The monoisotopic (exact) mass is 680 g/mol. The largest absolute Gasteiger partial charge is 0.505 e. The van der Waals surface area contributed by atoms with Crippen LogP contribution in [0.15, 0.2) is 68.1 Å². The molecule has 7 aromatic rings. The zero-order valence-corrected chi connectivity index (χ0v) is 29.1. The maximum absolute atomic E-state index is 11.8. The fourth-order valence-electron chi connectivity index (χ4n) is 6.12. The molecular weight excluding hydrogens is 653 g/mol. The molecular formula is C34H28N6O2S4. The number of hydrogen-bond acceptors (Lipinski definition) is 10. The highest BCUT2D eigenvalue weighted by Crippen LogP contribution is 2.67. The summed E-state index contributed by atoms with van der Waals surface area (Å²) >= 11 is 5.93. The Hall–Kier alpha value is -3.58. The van der Waals surface area contributed by atoms with E-state index in [1.807, 2.05) is 57.6 Å². The first kappa shape index (κ1) is 28.6. The minimum Gasteiger partial charge on any atom is -0.505 e. The molecule has 46 heavy (non-hydrogen) atoms. The van der Waals surface area contributed by atoms with Gasteiger partial charge in [0, 0.05) is 10.8 Å². The first-order valence-corrected chi connectivity index (χ1v) is 18.1. The van der Waals surface area contributed by atoms with Crippen molar-refractivity contribution in [2.75, 3.05) is 0 Å². The summed E-state index contributed by atoms with van der Waals surface area (Å²) in [5.41, 5.74) is 6.63. The van der Waals surface area contributed by atoms with E-state index in [4.69, 9.17) is 20.2 Å². The van der Waals surface area contributed by atoms with Gasteiger partial charge in [-0.3, -0.25) is 0 Å². The van der Waals surface area contributed by atoms with E-state index in [-0.39, 0.29) is 22.3 Å². The number of aromatic hydroxyl groups is 2. The van der Waals surface area contributed by atoms with E-state index in [0.29, 0.717) is 19.6 Å². The number of benzene rings is 3. The van der Waals surface area contributed by atoms with Crippen molar-refractivity contribution in [3.8, 4) is 11.5 Å². The lowest BCUT2D eigenvalue weighted by molar-refractivity contribution is 0.411. The van der Waals surface area contributed by atoms with Gasteiger partial charge >= 0.3 is 0 Å². The van der Waals surface area contributed by atoms with Crippen LogP contribution in [-0.2, 0) is 10.8 Å². The molecule has 2 aliphatic heterocycles. The Morgan fingerprint density at radius 3 is 1.24 bits per heavy atom. The topological polar surface area (TPSA) is 101 Å². The number of para-hydroxylation sites is 4. The van der Waals surface area contributed by atoms with Crippen molar-refractivity contribution in [1.29, 1.82) is 0 Å². The minimum atomic E-state index is -0.247. The fraction of sp³-hybridized carbons (Fsp3) is 0.235. The van der Waals surface area contributed by atoms with Crippen molar-refractivity contribution >= 4 is 88.9 Å². The Labute approximate surface area is 280 Å². The van der Waals surface area contributed by atoms with E-state index in [9.17, 15) is 10.2 Å². The normalized spacial score (nSPS) is 15.3. The Kier molecular flexibility index (Phi) is 5.91. The average molecular weight is 681 g/mol. The molecule has 0 atom stereocenters. The molecule has 2 aliphatic rings. The Morgan fingerprint density at radius 2 is 0.891 bits per heavy atom. The molecule has 0 saturated carbocycles. The summed E-state index contributed by atoms with van der Waals surface area (Å²) in [4.78, 5) is 12.6. The molecule has 8 nitrogen and oxygen atoms in total. The second kappa shape index (κ2) is 9.50. The summed E-state index contributed by atoms with van der Waals surface area (Å²) in [5.74, 6) is 0.371. The van der Waals surface area contributed by atoms with Crippen molar-refractivity contribution in [1.82, 2.24) is 29.2 Å². The molecule has 0 fully saturated rings. The predicted octanol–water partition coefficient (Wildman–Crippen LogP) is 7.45. The molecule has 2 N–H and O–H groups in total. The van der Waals surface area contributed by atoms with Gasteiger partial charge in [-0.05, 0) is 24.3 Å². The van der Waals surface area contributed by atoms with Crippen molar-refractivity contribution in [3.05, 3.63) is 70.4 Å². The molecule has 0 spiro atoms. The number of hydrogen-bond donors (Lipinski definition) is 2. The third-order valence-corrected chi connectivity index (χ3v) is 13.5. The highest BCUT2D eigenvalue weighted by Gasteiger charge is 2.38. The van der Waals surface area contributed by atoms with Gasteiger partial charge in [0.25, 0.3) is 0 Å². The predicted molar refractivity (Wildman–Crippen MR) is 189 cm³/mol. The van der Waals surface area contributed by atoms with Crippen LogP contribution in [0.25, 0.3) is 41.8 Å². The fourth-order valence-corrected chi connectivity index (χ4v) is 11.5. The summed E-state index contributed by atoms with van der Waals surface area (Å²) < 4.78 is 5.75. The van der Waals surface area contributed by atoms with Crippen LogP contribution >= 0.6 is 47.0 Å². The lowest BCUT2D eigenvalue weighted by atomic mass is 9.91. The zero-order valence-electron chi connectivity index (χ0n) is 25.8. The van der Waals surface area contributed by atoms with E-state index in [0.717, 1.165) is 63.7 Å². The molecule has 0 radical (unpaired) electrons. The van der Waals surface area contributed by atoms with Gasteiger partial charge in [0.1, 0.15) is 11.5 Å². The van der Waals surface area contributed by atoms with Gasteiger partial charge in [-0.25, -0.2) is 19.0 Å². The van der Waals surface area contributed by atoms with Gasteiger partial charge in [0.05, 0.1) is 71.9 Å². The lowest BCUT2D eigenvalue weighted by Gasteiger charge is -2.15. The molecule has 0 bridgehead atoms. The molecule has 4 aromatic heterocycles. The van der Waals surface area contributed by atoms with Crippen LogP contribution in [0.5, 0.6) is 11.5 Å². The smallest absolute Gasteiger partial charge is 0.165 e. The number of phenolic OH excluding ortho intramolecular Hbond substituents is 2. The van der Waals surface area contributed by atoms with E-state index >= 15 is 0 Å². The molecule has 0 aliphatic carbocycles. The Bertz CT molecular complexity index is 2370. The van der Waals surface area contributed by atoms with Crippen molar-refractivity contribution in [3.63, 3.8) is 0 Å². The average Bonchev–Trinajstić information content (AvgIpc) is 3.82. The summed E-state index contributed by atoms with van der Waals surface area (Å²) in [6.07, 6.45) is 0. The van der Waals surface area contributed by atoms with Gasteiger partial charge in [-0.2, -0.15) is 10.2 Å². The molecule has 3 aromatic carbocycles. The second-order valence-electron chi connectivity index (χ2n) is 13.6. The Balaban J connectivity index is 1.24. The maximum Gasteiger partial charge on any atom is 0.165 e. The number of phenols is 2. The van der Waals surface area contributed by atoms with Gasteiger partial charge in [0.2, 0.25) is 0 Å². The van der Waals surface area contributed by atoms with E-state index < -0.39 is 0 Å². The number of aromatic nitrogens is 6. The molecule has 0 saturated heterocycles. The standard InChI is InChI=1S/C34H28N6O2S4/c1-33(2,3)27-19(29-35-15-11-7-9-13-17(15)39(29)37-27)31-43-23-21(41)25-26(22(42)24(23)44-31)46-32(45-25)20-28(34(4,5)6)38-40-18-14-10-8-12-16(18)36-30(20)40/h7-14,41-42H,1-6H3. The van der Waals surface area contributed by atoms with E-state index in [1.54, 1.807) is 0 Å². The molecule has 6 heterocycles. The van der Waals surface area contributed by atoms with Crippen LogP contribution in [-0.4, -0.2) is 39.4 Å². The van der Waals surface area contributed by atoms with Crippen molar-refractivity contribution in [2.45, 2.75) is 72.0 Å². The van der Waals surface area contributed by atoms with Gasteiger partial charge in [0.15, 0.2) is 11.3 Å². The summed E-state index contributed by atoms with van der Waals surface area (Å²) in [5, 5.41) is 35.6. The van der Waals surface area contributed by atoms with Crippen LogP contribution < -0.4 is 10.4 Å². The summed E-state index contributed by atoms with van der Waals surface area (Å²) in [6, 6.07) is 16.0. The lowest BCUT2D eigenvalue weighted by Crippen LogP contribution is -2.22. The van der Waals surface area contributed by atoms with E-state index in [2.05, 4.69) is 41.5 Å². The third-order valence-electron chi connectivity index (χ3n) is 8.28. The molecule has 0 unspecified atom stereocenters. The van der Waals surface area contributed by atoms with Crippen LogP contribution in [0.4, 0.5) is 0 Å². The number of imidazole rings is 2. The SMILES string of the molecule is CC(C)(C)c1nn2c(nc3ccccc32)c1=C1Sc2c(O)c3c(c(O)c2S1)SC(=c1c(C(C)(C)C)nn2c1nc1ccccc12)S3. The summed E-state index contributed by atoms with van der Waals surface area (Å²) in [7, 11) is 0. The quantitative estimate of drug-likeness (QED) is 0.157. The molecule has 230 valence electrons. The zero-order chi connectivity index (χ0) is 31.9. The first-order valence-electron chi connectivity index (χ1n) is 14.9. The second-order valence-corrected chi connectivity index (χ2v) is 18.2. The third kappa shape index (κ3) is 3.93. The van der Waals surface area contributed by atoms with Crippen LogP contribution in [0.1, 0.15) is 52.9 Å². The summed E-state index contributed by atoms with van der Waals surface area (Å²) in [6.45, 7) is 12.9. The molecule has 0 amide bonds. The number of thioether (sulfide) groups is 4. The molecule has 12 heteroatoms. The Morgan fingerprint density at radius 1 is 0.543 bits per heavy atom. The van der Waals surface area contributed by atoms with E-state index in [1.165, 1.54) is 47.0 Å². The maximum atomic E-state index is 11.8.